The minimum atomic E-state index is -4.75. The fraction of sp³-hybridized carbons (Fsp3) is 0.522. The summed E-state index contributed by atoms with van der Waals surface area (Å²) in [5, 5.41) is -0.474. The van der Waals surface area contributed by atoms with Crippen molar-refractivity contribution in [1.82, 2.24) is 9.88 Å². The van der Waals surface area contributed by atoms with E-state index in [0.29, 0.717) is 19.1 Å². The third-order valence-electron chi connectivity index (χ3n) is 6.93. The van der Waals surface area contributed by atoms with Crippen LogP contribution in [0.15, 0.2) is 29.2 Å². The van der Waals surface area contributed by atoms with E-state index in [1.54, 1.807) is 0 Å². The van der Waals surface area contributed by atoms with E-state index in [9.17, 15) is 12.8 Å². The second-order valence-corrected chi connectivity index (χ2v) is 12.4. The third-order valence-corrected chi connectivity index (χ3v) is 8.67. The molecule has 0 aliphatic carbocycles. The molecule has 11 heteroatoms. The smallest absolute Gasteiger partial charge is 0.268 e. The van der Waals surface area contributed by atoms with Crippen LogP contribution in [-0.2, 0) is 10.0 Å². The van der Waals surface area contributed by atoms with Gasteiger partial charge in [0, 0.05) is 37.2 Å². The number of benzene rings is 1. The van der Waals surface area contributed by atoms with Gasteiger partial charge >= 0.3 is 0 Å². The summed E-state index contributed by atoms with van der Waals surface area (Å²) in [6.45, 7) is 8.68. The summed E-state index contributed by atoms with van der Waals surface area (Å²) in [6.07, 6.45) is 1.83. The lowest BCUT2D eigenvalue weighted by molar-refractivity contribution is 0.153. The van der Waals surface area contributed by atoms with Gasteiger partial charge in [0.2, 0.25) is 5.95 Å². The zero-order valence-electron chi connectivity index (χ0n) is 19.5. The summed E-state index contributed by atoms with van der Waals surface area (Å²) < 4.78 is 70.8. The Morgan fingerprint density at radius 2 is 1.88 bits per heavy atom. The molecule has 0 amide bonds. The summed E-state index contributed by atoms with van der Waals surface area (Å²) in [6, 6.07) is 4.66. The molecule has 2 saturated heterocycles. The van der Waals surface area contributed by atoms with Crippen molar-refractivity contribution >= 4 is 33.1 Å². The predicted octanol–water partition coefficient (Wildman–Crippen LogP) is 4.90. The first kappa shape index (κ1) is 25.1. The molecule has 2 aliphatic heterocycles. The van der Waals surface area contributed by atoms with Crippen LogP contribution in [0.5, 0.6) is 0 Å². The van der Waals surface area contributed by atoms with Crippen molar-refractivity contribution in [2.45, 2.75) is 44.6 Å². The van der Waals surface area contributed by atoms with Gasteiger partial charge in [-0.3, -0.25) is 4.72 Å². The Labute approximate surface area is 203 Å². The highest BCUT2D eigenvalue weighted by atomic mass is 35.5. The van der Waals surface area contributed by atoms with Crippen LogP contribution in [0.25, 0.3) is 0 Å². The summed E-state index contributed by atoms with van der Waals surface area (Å²) in [5.41, 5.74) is 0.183. The van der Waals surface area contributed by atoms with Crippen molar-refractivity contribution in [3.05, 3.63) is 46.9 Å². The van der Waals surface area contributed by atoms with Gasteiger partial charge < -0.3 is 9.80 Å². The SMILES string of the molecule is CN1CC(C)(C)C[C@H]1[C@@]1(C)CCN(c2cc(F)c(S(=O)(=O)Nc3cccc(F)n3)c(F)c2Cl)C1. The molecule has 6 nitrogen and oxygen atoms in total. The Morgan fingerprint density at radius 1 is 1.18 bits per heavy atom. The van der Waals surface area contributed by atoms with E-state index >= 15 is 8.78 Å². The van der Waals surface area contributed by atoms with Gasteiger partial charge in [0.05, 0.1) is 5.69 Å². The number of nitrogens with one attached hydrogen (secondary N) is 1. The van der Waals surface area contributed by atoms with E-state index in [2.05, 4.69) is 37.7 Å². The fourth-order valence-corrected chi connectivity index (χ4v) is 6.94. The van der Waals surface area contributed by atoms with Crippen LogP contribution in [0, 0.1) is 28.4 Å². The van der Waals surface area contributed by atoms with Crippen LogP contribution in [0.4, 0.5) is 24.7 Å². The number of anilines is 2. The van der Waals surface area contributed by atoms with Crippen LogP contribution in [0.1, 0.15) is 33.6 Å². The zero-order valence-corrected chi connectivity index (χ0v) is 21.1. The maximum atomic E-state index is 15.2. The summed E-state index contributed by atoms with van der Waals surface area (Å²) in [7, 11) is -2.65. The third kappa shape index (κ3) is 4.59. The van der Waals surface area contributed by atoms with Gasteiger partial charge in [0.25, 0.3) is 10.0 Å². The van der Waals surface area contributed by atoms with Crippen LogP contribution in [-0.4, -0.2) is 51.0 Å². The van der Waals surface area contributed by atoms with Crippen molar-refractivity contribution in [2.75, 3.05) is 36.3 Å². The molecule has 0 unspecified atom stereocenters. The van der Waals surface area contributed by atoms with Crippen LogP contribution >= 0.6 is 11.6 Å². The predicted molar refractivity (Wildman–Crippen MR) is 126 cm³/mol. The van der Waals surface area contributed by atoms with Gasteiger partial charge in [-0.15, -0.1) is 0 Å². The summed E-state index contributed by atoms with van der Waals surface area (Å²) in [4.78, 5) is 6.29. The molecule has 186 valence electrons. The molecule has 0 spiro atoms. The highest BCUT2D eigenvalue weighted by Crippen LogP contribution is 2.47. The molecular weight excluding hydrogens is 489 g/mol. The Hall–Kier alpha value is -2.04. The van der Waals surface area contributed by atoms with Gasteiger partial charge in [0.1, 0.15) is 16.7 Å². The number of likely N-dealkylation sites (tertiary alicyclic amines) is 1. The van der Waals surface area contributed by atoms with E-state index in [4.69, 9.17) is 11.6 Å². The number of nitrogens with zero attached hydrogens (tertiary/aromatic N) is 3. The van der Waals surface area contributed by atoms with Crippen LogP contribution in [0.2, 0.25) is 5.02 Å². The van der Waals surface area contributed by atoms with Crippen molar-refractivity contribution in [3.8, 4) is 0 Å². The second-order valence-electron chi connectivity index (χ2n) is 10.4. The molecule has 1 aromatic carbocycles. The molecule has 1 aromatic heterocycles. The van der Waals surface area contributed by atoms with E-state index in [0.717, 1.165) is 31.5 Å². The number of pyridine rings is 1. The maximum absolute atomic E-state index is 15.2. The normalized spacial score (nSPS) is 25.2. The maximum Gasteiger partial charge on any atom is 0.268 e. The fourth-order valence-electron chi connectivity index (χ4n) is 5.47. The van der Waals surface area contributed by atoms with E-state index in [1.165, 1.54) is 12.1 Å². The molecule has 2 fully saturated rings. The van der Waals surface area contributed by atoms with E-state index in [1.807, 2.05) is 9.62 Å². The average Bonchev–Trinajstić information content (AvgIpc) is 3.23. The molecule has 34 heavy (non-hydrogen) atoms. The lowest BCUT2D eigenvalue weighted by atomic mass is 9.76. The Kier molecular flexibility index (Phi) is 6.31. The number of aromatic nitrogens is 1. The monoisotopic (exact) mass is 516 g/mol. The number of rotatable bonds is 5. The standard InChI is InChI=1S/C23H28ClF3N4O2S/c1-22(2)11-16(30(4)12-22)23(3)8-9-31(13-23)15-10-14(25)21(20(27)19(15)24)34(32,33)29-18-7-5-6-17(26)28-18/h5-7,10,16H,8-9,11-13H2,1-4H3,(H,28,29)/t16-,23-/m0/s1. The Morgan fingerprint density at radius 3 is 2.50 bits per heavy atom. The zero-order chi connectivity index (χ0) is 25.1. The van der Waals surface area contributed by atoms with Gasteiger partial charge in [-0.1, -0.05) is 38.4 Å². The molecule has 0 bridgehead atoms. The summed E-state index contributed by atoms with van der Waals surface area (Å²) >= 11 is 6.25. The van der Waals surface area contributed by atoms with Crippen molar-refractivity contribution in [2.24, 2.45) is 10.8 Å². The Bertz CT molecular complexity index is 1230. The first-order valence-electron chi connectivity index (χ1n) is 11.0. The molecule has 4 rings (SSSR count). The first-order valence-corrected chi connectivity index (χ1v) is 12.9. The molecule has 0 saturated carbocycles. The molecule has 2 aliphatic rings. The van der Waals surface area contributed by atoms with Gasteiger partial charge in [-0.05, 0) is 37.4 Å². The number of halogens is 4. The van der Waals surface area contributed by atoms with Crippen molar-refractivity contribution in [1.29, 1.82) is 0 Å². The molecule has 0 radical (unpaired) electrons. The highest BCUT2D eigenvalue weighted by molar-refractivity contribution is 7.92. The number of hydrogen-bond donors (Lipinski definition) is 1. The molecule has 1 N–H and O–H groups in total. The first-order chi connectivity index (χ1) is 15.7. The van der Waals surface area contributed by atoms with Crippen molar-refractivity contribution in [3.63, 3.8) is 0 Å². The summed E-state index contributed by atoms with van der Waals surface area (Å²) in [5.74, 6) is -4.03. The highest BCUT2D eigenvalue weighted by Gasteiger charge is 2.49. The Balaban J connectivity index is 1.62. The second kappa shape index (κ2) is 8.57. The minimum Gasteiger partial charge on any atom is -0.370 e. The minimum absolute atomic E-state index is 0.114. The molecule has 2 atom stereocenters. The molecule has 2 aromatic rings. The quantitative estimate of drug-likeness (QED) is 0.452. The average molecular weight is 517 g/mol. The topological polar surface area (TPSA) is 65.5 Å². The van der Waals surface area contributed by atoms with E-state index < -0.39 is 43.3 Å². The largest absolute Gasteiger partial charge is 0.370 e. The lowest BCUT2D eigenvalue weighted by Crippen LogP contribution is -2.42. The molecular formula is C23H28ClF3N4O2S. The lowest BCUT2D eigenvalue weighted by Gasteiger charge is -2.36. The van der Waals surface area contributed by atoms with E-state index in [-0.39, 0.29) is 16.5 Å². The molecule has 3 heterocycles. The van der Waals surface area contributed by atoms with Crippen LogP contribution in [0.3, 0.4) is 0 Å². The van der Waals surface area contributed by atoms with Gasteiger partial charge in [-0.25, -0.2) is 22.2 Å². The van der Waals surface area contributed by atoms with Crippen LogP contribution < -0.4 is 9.62 Å². The van der Waals surface area contributed by atoms with Gasteiger partial charge in [-0.2, -0.15) is 4.39 Å². The number of hydrogen-bond acceptors (Lipinski definition) is 5. The van der Waals surface area contributed by atoms with Crippen molar-refractivity contribution < 1.29 is 21.6 Å². The number of sulfonamides is 1. The van der Waals surface area contributed by atoms with Gasteiger partial charge in [0.15, 0.2) is 10.7 Å².